The van der Waals surface area contributed by atoms with Gasteiger partial charge < -0.3 is 19.6 Å². The van der Waals surface area contributed by atoms with E-state index in [1.807, 2.05) is 13.1 Å². The van der Waals surface area contributed by atoms with E-state index in [4.69, 9.17) is 4.52 Å². The maximum absolute atomic E-state index is 5.40. The largest absolute Gasteiger partial charge is 0.359 e. The normalized spacial score (nSPS) is 21.8. The average Bonchev–Trinajstić information content (AvgIpc) is 3.30. The summed E-state index contributed by atoms with van der Waals surface area (Å²) in [6, 6.07) is 2.03. The Labute approximate surface area is 168 Å². The van der Waals surface area contributed by atoms with Crippen LogP contribution in [0.2, 0.25) is 0 Å². The number of aliphatic imine (C=N–C) groups is 1. The van der Waals surface area contributed by atoms with E-state index in [-0.39, 0.29) is 24.0 Å². The molecule has 0 amide bonds. The first-order chi connectivity index (χ1) is 11.7. The first-order valence-corrected chi connectivity index (χ1v) is 9.29. The third kappa shape index (κ3) is 5.57. The zero-order valence-electron chi connectivity index (χ0n) is 15.7. The minimum absolute atomic E-state index is 0. The van der Waals surface area contributed by atoms with Gasteiger partial charge in [0.25, 0.3) is 0 Å². The monoisotopic (exact) mass is 461 g/mol. The minimum Gasteiger partial charge on any atom is -0.359 e. The summed E-state index contributed by atoms with van der Waals surface area (Å²) < 4.78 is 5.40. The van der Waals surface area contributed by atoms with E-state index in [2.05, 4.69) is 39.1 Å². The van der Waals surface area contributed by atoms with Crippen LogP contribution in [0.5, 0.6) is 0 Å². The lowest BCUT2D eigenvalue weighted by Crippen LogP contribution is -2.40. The van der Waals surface area contributed by atoms with E-state index >= 15 is 0 Å². The molecule has 6 nitrogen and oxygen atoms in total. The van der Waals surface area contributed by atoms with Crippen LogP contribution in [0, 0.1) is 5.92 Å². The lowest BCUT2D eigenvalue weighted by molar-refractivity contribution is 0.281. The van der Waals surface area contributed by atoms with Crippen LogP contribution in [0.1, 0.15) is 50.5 Å². The van der Waals surface area contributed by atoms with Crippen molar-refractivity contribution in [2.24, 2.45) is 10.9 Å². The van der Waals surface area contributed by atoms with Crippen molar-refractivity contribution in [1.82, 2.24) is 20.3 Å². The lowest BCUT2D eigenvalue weighted by Gasteiger charge is -2.23. The summed E-state index contributed by atoms with van der Waals surface area (Å²) >= 11 is 0. The lowest BCUT2D eigenvalue weighted by atomic mass is 10.1. The number of nitrogens with zero attached hydrogens (tertiary/aromatic N) is 4. The topological polar surface area (TPSA) is 56.9 Å². The number of nitrogens with one attached hydrogen (secondary N) is 1. The molecule has 0 bridgehead atoms. The van der Waals surface area contributed by atoms with Crippen molar-refractivity contribution in [2.75, 3.05) is 39.8 Å². The third-order valence-electron chi connectivity index (χ3n) is 5.10. The Morgan fingerprint density at radius 1 is 1.36 bits per heavy atom. The van der Waals surface area contributed by atoms with Crippen molar-refractivity contribution >= 4 is 29.9 Å². The van der Waals surface area contributed by atoms with Crippen LogP contribution < -0.4 is 5.32 Å². The van der Waals surface area contributed by atoms with Crippen LogP contribution in [0.25, 0.3) is 0 Å². The number of hydrogen-bond acceptors (Lipinski definition) is 4. The highest BCUT2D eigenvalue weighted by Gasteiger charge is 2.27. The molecule has 7 heteroatoms. The quantitative estimate of drug-likeness (QED) is 0.415. The average molecular weight is 461 g/mol. The van der Waals surface area contributed by atoms with Gasteiger partial charge in [-0.25, -0.2) is 0 Å². The molecule has 0 aromatic carbocycles. The van der Waals surface area contributed by atoms with Crippen LogP contribution in [0.4, 0.5) is 0 Å². The van der Waals surface area contributed by atoms with Crippen LogP contribution >= 0.6 is 24.0 Å². The number of hydrogen-bond donors (Lipinski definition) is 1. The van der Waals surface area contributed by atoms with E-state index in [1.54, 1.807) is 0 Å². The maximum Gasteiger partial charge on any atom is 0.194 e. The predicted octanol–water partition coefficient (Wildman–Crippen LogP) is 2.91. The molecule has 2 saturated heterocycles. The zero-order valence-corrected chi connectivity index (χ0v) is 18.0. The summed E-state index contributed by atoms with van der Waals surface area (Å²) in [5, 5.41) is 7.54. The van der Waals surface area contributed by atoms with Crippen molar-refractivity contribution in [3.8, 4) is 0 Å². The van der Waals surface area contributed by atoms with Crippen LogP contribution in [-0.4, -0.2) is 60.7 Å². The fourth-order valence-corrected chi connectivity index (χ4v) is 3.69. The van der Waals surface area contributed by atoms with Gasteiger partial charge in [-0.05, 0) is 44.2 Å². The number of rotatable bonds is 5. The van der Waals surface area contributed by atoms with E-state index in [0.717, 1.165) is 36.4 Å². The second kappa shape index (κ2) is 9.75. The molecule has 0 aliphatic carbocycles. The zero-order chi connectivity index (χ0) is 16.9. The fourth-order valence-electron chi connectivity index (χ4n) is 3.69. The summed E-state index contributed by atoms with van der Waals surface area (Å²) in [6.07, 6.45) is 4.00. The summed E-state index contributed by atoms with van der Waals surface area (Å²) in [7, 11) is 1.86. The third-order valence-corrected chi connectivity index (χ3v) is 5.10. The van der Waals surface area contributed by atoms with Crippen LogP contribution in [0.3, 0.4) is 0 Å². The molecule has 1 aromatic rings. The van der Waals surface area contributed by atoms with Gasteiger partial charge in [0, 0.05) is 32.7 Å². The van der Waals surface area contributed by atoms with Gasteiger partial charge in [-0.15, -0.1) is 24.0 Å². The van der Waals surface area contributed by atoms with Crippen molar-refractivity contribution in [3.05, 3.63) is 17.5 Å². The number of guanidine groups is 1. The molecule has 3 heterocycles. The molecular weight excluding hydrogens is 429 g/mol. The molecule has 2 fully saturated rings. The van der Waals surface area contributed by atoms with Crippen LogP contribution in [-0.2, 0) is 6.54 Å². The molecule has 1 aromatic heterocycles. The highest BCUT2D eigenvalue weighted by atomic mass is 127. The van der Waals surface area contributed by atoms with E-state index < -0.39 is 0 Å². The highest BCUT2D eigenvalue weighted by molar-refractivity contribution is 14.0. The second-order valence-electron chi connectivity index (χ2n) is 7.38. The molecule has 2 aliphatic heterocycles. The standard InChI is InChI=1S/C18H31N5O.HI/c1-14(2)17-10-16(24-21-17)11-20-18(19-3)23-9-6-15(13-23)12-22-7-4-5-8-22;/h10,14-15H,4-9,11-13H2,1-3H3,(H,19,20);1H. The first-order valence-electron chi connectivity index (χ1n) is 9.29. The van der Waals surface area contributed by atoms with Crippen LogP contribution in [0.15, 0.2) is 15.6 Å². The van der Waals surface area contributed by atoms with Crippen molar-refractivity contribution in [3.63, 3.8) is 0 Å². The Hall–Kier alpha value is -0.830. The van der Waals surface area contributed by atoms with Gasteiger partial charge >= 0.3 is 0 Å². The van der Waals surface area contributed by atoms with Gasteiger partial charge in [-0.2, -0.15) is 0 Å². The molecule has 2 aliphatic rings. The first kappa shape index (κ1) is 20.5. The van der Waals surface area contributed by atoms with Crippen molar-refractivity contribution in [1.29, 1.82) is 0 Å². The molecule has 25 heavy (non-hydrogen) atoms. The summed E-state index contributed by atoms with van der Waals surface area (Å²) in [5.41, 5.74) is 1.01. The molecule has 0 radical (unpaired) electrons. The molecule has 0 saturated carbocycles. The molecule has 142 valence electrons. The molecule has 1 atom stereocenters. The van der Waals surface area contributed by atoms with E-state index in [1.165, 1.54) is 38.9 Å². The van der Waals surface area contributed by atoms with Gasteiger partial charge in [0.15, 0.2) is 11.7 Å². The van der Waals surface area contributed by atoms with Gasteiger partial charge in [0.2, 0.25) is 0 Å². The predicted molar refractivity (Wildman–Crippen MR) is 112 cm³/mol. The molecular formula is C18H32IN5O. The summed E-state index contributed by atoms with van der Waals surface area (Å²) in [5.74, 6) is 3.00. The summed E-state index contributed by atoms with van der Waals surface area (Å²) in [4.78, 5) is 9.44. The highest BCUT2D eigenvalue weighted by Crippen LogP contribution is 2.20. The smallest absolute Gasteiger partial charge is 0.194 e. The number of aromatic nitrogens is 1. The molecule has 0 spiro atoms. The molecule has 1 unspecified atom stereocenters. The molecule has 1 N–H and O–H groups in total. The fraction of sp³-hybridized carbons (Fsp3) is 0.778. The Bertz CT molecular complexity index is 553. The SMILES string of the molecule is CN=C(NCc1cc(C(C)C)no1)N1CCC(CN2CCCC2)C1.I. The minimum atomic E-state index is 0. The van der Waals surface area contributed by atoms with Crippen molar-refractivity contribution < 1.29 is 4.52 Å². The van der Waals surface area contributed by atoms with Gasteiger partial charge in [-0.3, -0.25) is 4.99 Å². The number of likely N-dealkylation sites (tertiary alicyclic amines) is 2. The van der Waals surface area contributed by atoms with Gasteiger partial charge in [0.05, 0.1) is 12.2 Å². The number of halogens is 1. The van der Waals surface area contributed by atoms with E-state index in [9.17, 15) is 0 Å². The maximum atomic E-state index is 5.40. The Kier molecular flexibility index (Phi) is 7.99. The Balaban J connectivity index is 0.00000225. The van der Waals surface area contributed by atoms with Gasteiger partial charge in [-0.1, -0.05) is 19.0 Å². The summed E-state index contributed by atoms with van der Waals surface area (Å²) in [6.45, 7) is 10.9. The van der Waals surface area contributed by atoms with Gasteiger partial charge in [0.1, 0.15) is 0 Å². The second-order valence-corrected chi connectivity index (χ2v) is 7.38. The van der Waals surface area contributed by atoms with Crippen molar-refractivity contribution in [2.45, 2.75) is 45.6 Å². The Morgan fingerprint density at radius 3 is 2.76 bits per heavy atom. The van der Waals surface area contributed by atoms with E-state index in [0.29, 0.717) is 12.5 Å². The molecule has 3 rings (SSSR count). The Morgan fingerprint density at radius 2 is 2.12 bits per heavy atom.